The molecule has 2 amide bonds. The lowest BCUT2D eigenvalue weighted by atomic mass is 10.0. The van der Waals surface area contributed by atoms with E-state index in [1.807, 2.05) is 48.5 Å². The molecule has 0 unspecified atom stereocenters. The lowest BCUT2D eigenvalue weighted by Gasteiger charge is -2.24. The third-order valence-corrected chi connectivity index (χ3v) is 6.05. The number of ether oxygens (including phenoxy) is 1. The molecule has 0 saturated carbocycles. The molecule has 0 bridgehead atoms. The molecule has 1 aliphatic heterocycles. The number of fused-ring (bicyclic) bond motifs is 2. The highest BCUT2D eigenvalue weighted by atomic mass is 35.5. The number of para-hydroxylation sites is 2. The molecule has 3 aromatic rings. The van der Waals surface area contributed by atoms with Crippen molar-refractivity contribution in [2.24, 2.45) is 0 Å². The van der Waals surface area contributed by atoms with Crippen LogP contribution in [0.3, 0.4) is 0 Å². The quantitative estimate of drug-likeness (QED) is 0.533. The molecule has 33 heavy (non-hydrogen) atoms. The first-order valence-corrected chi connectivity index (χ1v) is 11.1. The van der Waals surface area contributed by atoms with Gasteiger partial charge in [0.2, 0.25) is 0 Å². The Morgan fingerprint density at radius 1 is 0.848 bits per heavy atom. The molecule has 3 aromatic carbocycles. The van der Waals surface area contributed by atoms with E-state index in [1.165, 1.54) is 18.2 Å². The van der Waals surface area contributed by atoms with E-state index in [-0.39, 0.29) is 23.0 Å². The van der Waals surface area contributed by atoms with Gasteiger partial charge in [-0.25, -0.2) is 0 Å². The second-order valence-corrected chi connectivity index (χ2v) is 8.27. The van der Waals surface area contributed by atoms with Crippen LogP contribution in [0.25, 0.3) is 0 Å². The molecule has 0 spiro atoms. The Morgan fingerprint density at radius 3 is 2.06 bits per heavy atom. The topological polar surface area (TPSA) is 75.7 Å². The van der Waals surface area contributed by atoms with Crippen molar-refractivity contribution in [1.82, 2.24) is 5.32 Å². The zero-order valence-corrected chi connectivity index (χ0v) is 19.0. The average Bonchev–Trinajstić information content (AvgIpc) is 2.99. The van der Waals surface area contributed by atoms with E-state index in [4.69, 9.17) is 27.9 Å². The highest BCUT2D eigenvalue weighted by Crippen LogP contribution is 2.36. The number of halogens is 2. The molecular formula is C25H20Cl2N2O4. The minimum absolute atomic E-state index is 0.232. The van der Waals surface area contributed by atoms with Gasteiger partial charge in [-0.05, 0) is 54.3 Å². The van der Waals surface area contributed by atoms with Crippen LogP contribution in [0, 0.1) is 0 Å². The van der Waals surface area contributed by atoms with Crippen LogP contribution in [0.15, 0.2) is 66.7 Å². The largest absolute Gasteiger partial charge is 0.454 e. The maximum atomic E-state index is 13.1. The predicted octanol–water partition coefficient (Wildman–Crippen LogP) is 4.73. The van der Waals surface area contributed by atoms with Crippen LogP contribution < -0.4 is 10.2 Å². The third kappa shape index (κ3) is 5.18. The number of nitrogens with zero attached hydrogens (tertiary/aromatic N) is 1. The monoisotopic (exact) mass is 482 g/mol. The van der Waals surface area contributed by atoms with Gasteiger partial charge in [-0.2, -0.15) is 0 Å². The van der Waals surface area contributed by atoms with Gasteiger partial charge in [0.25, 0.3) is 11.8 Å². The molecule has 1 N–H and O–H groups in total. The van der Waals surface area contributed by atoms with Gasteiger partial charge < -0.3 is 10.1 Å². The molecule has 8 heteroatoms. The lowest BCUT2D eigenvalue weighted by Crippen LogP contribution is -2.35. The molecule has 4 rings (SSSR count). The van der Waals surface area contributed by atoms with E-state index in [9.17, 15) is 14.4 Å². The van der Waals surface area contributed by atoms with Crippen molar-refractivity contribution in [2.75, 3.05) is 18.1 Å². The second kappa shape index (κ2) is 10.1. The fourth-order valence-corrected chi connectivity index (χ4v) is 4.00. The zero-order valence-electron chi connectivity index (χ0n) is 17.5. The van der Waals surface area contributed by atoms with Crippen LogP contribution in [-0.4, -0.2) is 30.9 Å². The zero-order chi connectivity index (χ0) is 23.4. The Morgan fingerprint density at radius 2 is 1.45 bits per heavy atom. The first-order chi connectivity index (χ1) is 15.9. The summed E-state index contributed by atoms with van der Waals surface area (Å²) in [5.41, 5.74) is 3.89. The average molecular weight is 483 g/mol. The molecule has 168 valence electrons. The van der Waals surface area contributed by atoms with Gasteiger partial charge in [0.05, 0.1) is 21.4 Å². The fourth-order valence-electron chi connectivity index (χ4n) is 3.70. The summed E-state index contributed by atoms with van der Waals surface area (Å²) in [5, 5.41) is 3.00. The minimum atomic E-state index is -0.729. The molecule has 0 aromatic heterocycles. The summed E-state index contributed by atoms with van der Waals surface area (Å²) in [5.74, 6) is -1.61. The number of anilines is 2. The van der Waals surface area contributed by atoms with Crippen LogP contribution in [0.4, 0.5) is 11.4 Å². The first-order valence-electron chi connectivity index (χ1n) is 10.3. The fraction of sp³-hybridized carbons (Fsp3) is 0.160. The van der Waals surface area contributed by atoms with Gasteiger partial charge in [-0.3, -0.25) is 19.3 Å². The number of hydrogen-bond donors (Lipinski definition) is 1. The summed E-state index contributed by atoms with van der Waals surface area (Å²) in [4.78, 5) is 39.1. The van der Waals surface area contributed by atoms with Gasteiger partial charge in [-0.15, -0.1) is 0 Å². The Balaban J connectivity index is 1.41. The standard InChI is InChI=1S/C25H20Cl2N2O4/c26-19-12-11-18(13-20(19)27)25(32)28-14-24(31)33-15-23(30)29-21-7-3-1-5-16(21)9-10-17-6-2-4-8-22(17)29/h1-8,11-13H,9-10,14-15H2,(H,28,32). The SMILES string of the molecule is O=C(CNC(=O)c1ccc(Cl)c(Cl)c1)OCC(=O)N1c2ccccc2CCc2ccccc21. The number of esters is 1. The summed E-state index contributed by atoms with van der Waals surface area (Å²) in [7, 11) is 0. The van der Waals surface area contributed by atoms with E-state index in [0.717, 1.165) is 35.3 Å². The van der Waals surface area contributed by atoms with E-state index in [0.29, 0.717) is 5.02 Å². The normalized spacial score (nSPS) is 12.2. The molecule has 6 nitrogen and oxygen atoms in total. The number of aryl methyl sites for hydroxylation is 2. The van der Waals surface area contributed by atoms with Crippen molar-refractivity contribution in [3.05, 3.63) is 93.5 Å². The number of carbonyl (C=O) groups is 3. The molecule has 0 saturated heterocycles. The Hall–Kier alpha value is -3.35. The molecular weight excluding hydrogens is 463 g/mol. The number of hydrogen-bond acceptors (Lipinski definition) is 4. The van der Waals surface area contributed by atoms with Gasteiger partial charge >= 0.3 is 5.97 Å². The lowest BCUT2D eigenvalue weighted by molar-refractivity contribution is -0.146. The number of amides is 2. The van der Waals surface area contributed by atoms with E-state index < -0.39 is 18.5 Å². The van der Waals surface area contributed by atoms with Gasteiger partial charge in [0, 0.05) is 5.56 Å². The van der Waals surface area contributed by atoms with Crippen molar-refractivity contribution >= 4 is 52.4 Å². The molecule has 0 atom stereocenters. The van der Waals surface area contributed by atoms with Gasteiger partial charge in [0.15, 0.2) is 6.61 Å². The van der Waals surface area contributed by atoms with Gasteiger partial charge in [0.1, 0.15) is 6.54 Å². The molecule has 1 heterocycles. The Labute approximate surface area is 201 Å². The predicted molar refractivity (Wildman–Crippen MR) is 127 cm³/mol. The van der Waals surface area contributed by atoms with Crippen molar-refractivity contribution in [3.63, 3.8) is 0 Å². The van der Waals surface area contributed by atoms with Crippen LogP contribution in [0.2, 0.25) is 10.0 Å². The van der Waals surface area contributed by atoms with E-state index in [2.05, 4.69) is 5.32 Å². The highest BCUT2D eigenvalue weighted by Gasteiger charge is 2.26. The van der Waals surface area contributed by atoms with Crippen LogP contribution >= 0.6 is 23.2 Å². The summed E-state index contributed by atoms with van der Waals surface area (Å²) in [6.45, 7) is -0.844. The molecule has 0 radical (unpaired) electrons. The number of carbonyl (C=O) groups excluding carboxylic acids is 3. The molecule has 1 aliphatic rings. The minimum Gasteiger partial charge on any atom is -0.454 e. The summed E-state index contributed by atoms with van der Waals surface area (Å²) in [6, 6.07) is 19.8. The van der Waals surface area contributed by atoms with Crippen LogP contribution in [0.1, 0.15) is 21.5 Å². The number of nitrogens with one attached hydrogen (secondary N) is 1. The third-order valence-electron chi connectivity index (χ3n) is 5.31. The summed E-state index contributed by atoms with van der Waals surface area (Å²) in [6.07, 6.45) is 1.61. The molecule has 0 aliphatic carbocycles. The first kappa shape index (κ1) is 22.8. The van der Waals surface area contributed by atoms with Crippen LogP contribution in [-0.2, 0) is 27.2 Å². The molecule has 0 fully saturated rings. The van der Waals surface area contributed by atoms with Gasteiger partial charge in [-0.1, -0.05) is 59.6 Å². The smallest absolute Gasteiger partial charge is 0.325 e. The summed E-state index contributed by atoms with van der Waals surface area (Å²) >= 11 is 11.8. The van der Waals surface area contributed by atoms with E-state index >= 15 is 0 Å². The Bertz CT molecular complexity index is 1180. The van der Waals surface area contributed by atoms with E-state index in [1.54, 1.807) is 4.90 Å². The summed E-state index contributed by atoms with van der Waals surface area (Å²) < 4.78 is 5.17. The number of rotatable bonds is 5. The van der Waals surface area contributed by atoms with Crippen molar-refractivity contribution in [3.8, 4) is 0 Å². The van der Waals surface area contributed by atoms with Crippen molar-refractivity contribution in [2.45, 2.75) is 12.8 Å². The number of benzene rings is 3. The maximum Gasteiger partial charge on any atom is 0.325 e. The Kier molecular flexibility index (Phi) is 6.96. The van der Waals surface area contributed by atoms with Crippen LogP contribution in [0.5, 0.6) is 0 Å². The second-order valence-electron chi connectivity index (χ2n) is 7.46. The maximum absolute atomic E-state index is 13.1. The highest BCUT2D eigenvalue weighted by molar-refractivity contribution is 6.42. The van der Waals surface area contributed by atoms with Crippen molar-refractivity contribution in [1.29, 1.82) is 0 Å². The van der Waals surface area contributed by atoms with Crippen molar-refractivity contribution < 1.29 is 19.1 Å².